The molecular formula is C15H16N4O4. The Bertz CT molecular complexity index is 697. The summed E-state index contributed by atoms with van der Waals surface area (Å²) >= 11 is 0. The van der Waals surface area contributed by atoms with Gasteiger partial charge in [-0.25, -0.2) is 0 Å². The standard InChI is InChI=1S/C15H16N4O4/c1-18(4-2-3-16)15(21)8-19-11-6-13-12(22-9-23-13)5-10(11)17-7-14(19)20/h5-6,17H,2,4,7-9H2,1H3. The number of nitrogens with zero attached hydrogens (tertiary/aromatic N) is 3. The lowest BCUT2D eigenvalue weighted by molar-refractivity contribution is -0.130. The van der Waals surface area contributed by atoms with Crippen LogP contribution < -0.4 is 19.7 Å². The topological polar surface area (TPSA) is 94.9 Å². The third-order valence-electron chi connectivity index (χ3n) is 3.79. The molecule has 1 N–H and O–H groups in total. The van der Waals surface area contributed by atoms with Crippen LogP contribution in [0.15, 0.2) is 12.1 Å². The van der Waals surface area contributed by atoms with Crippen molar-refractivity contribution in [1.82, 2.24) is 4.90 Å². The lowest BCUT2D eigenvalue weighted by Gasteiger charge is -2.31. The van der Waals surface area contributed by atoms with E-state index in [9.17, 15) is 9.59 Å². The van der Waals surface area contributed by atoms with Gasteiger partial charge in [-0.1, -0.05) is 0 Å². The van der Waals surface area contributed by atoms with Crippen molar-refractivity contribution < 1.29 is 19.1 Å². The second-order valence-electron chi connectivity index (χ2n) is 5.28. The van der Waals surface area contributed by atoms with Crippen molar-refractivity contribution >= 4 is 23.2 Å². The Morgan fingerprint density at radius 3 is 2.91 bits per heavy atom. The first-order valence-corrected chi connectivity index (χ1v) is 7.19. The van der Waals surface area contributed by atoms with Crippen LogP contribution in [0, 0.1) is 11.3 Å². The summed E-state index contributed by atoms with van der Waals surface area (Å²) in [5.41, 5.74) is 1.31. The summed E-state index contributed by atoms with van der Waals surface area (Å²) in [4.78, 5) is 27.3. The molecule has 2 heterocycles. The molecule has 2 amide bonds. The van der Waals surface area contributed by atoms with Gasteiger partial charge in [0.1, 0.15) is 6.54 Å². The molecule has 0 unspecified atom stereocenters. The van der Waals surface area contributed by atoms with Gasteiger partial charge in [0.2, 0.25) is 18.6 Å². The minimum absolute atomic E-state index is 0.0743. The number of amides is 2. The number of hydrogen-bond acceptors (Lipinski definition) is 6. The zero-order chi connectivity index (χ0) is 16.4. The first-order valence-electron chi connectivity index (χ1n) is 7.19. The maximum atomic E-state index is 12.3. The molecule has 120 valence electrons. The van der Waals surface area contributed by atoms with Crippen molar-refractivity contribution in [1.29, 1.82) is 5.26 Å². The minimum Gasteiger partial charge on any atom is -0.454 e. The van der Waals surface area contributed by atoms with E-state index in [1.54, 1.807) is 19.2 Å². The Morgan fingerprint density at radius 2 is 2.17 bits per heavy atom. The Morgan fingerprint density at radius 1 is 1.43 bits per heavy atom. The van der Waals surface area contributed by atoms with E-state index >= 15 is 0 Å². The van der Waals surface area contributed by atoms with Crippen LogP contribution in [-0.4, -0.2) is 50.2 Å². The molecule has 3 rings (SSSR count). The first-order chi connectivity index (χ1) is 11.1. The number of anilines is 2. The van der Waals surface area contributed by atoms with E-state index in [1.807, 2.05) is 6.07 Å². The first kappa shape index (κ1) is 15.0. The second kappa shape index (κ2) is 6.04. The fraction of sp³-hybridized carbons (Fsp3) is 0.400. The highest BCUT2D eigenvalue weighted by atomic mass is 16.7. The summed E-state index contributed by atoms with van der Waals surface area (Å²) in [6.07, 6.45) is 0.257. The fourth-order valence-electron chi connectivity index (χ4n) is 2.47. The predicted molar refractivity (Wildman–Crippen MR) is 81.3 cm³/mol. The van der Waals surface area contributed by atoms with E-state index in [0.29, 0.717) is 23.7 Å². The third kappa shape index (κ3) is 2.85. The van der Waals surface area contributed by atoms with Crippen LogP contribution in [0.2, 0.25) is 0 Å². The van der Waals surface area contributed by atoms with Gasteiger partial charge in [0.25, 0.3) is 0 Å². The molecule has 0 aliphatic carbocycles. The van der Waals surface area contributed by atoms with Crippen LogP contribution in [0.1, 0.15) is 6.42 Å². The predicted octanol–water partition coefficient (Wildman–Crippen LogP) is 0.546. The molecule has 0 aromatic heterocycles. The molecule has 0 spiro atoms. The van der Waals surface area contributed by atoms with Crippen molar-refractivity contribution in [3.05, 3.63) is 12.1 Å². The number of hydrogen-bond donors (Lipinski definition) is 1. The van der Waals surface area contributed by atoms with Gasteiger partial charge in [0.05, 0.1) is 30.4 Å². The van der Waals surface area contributed by atoms with Crippen molar-refractivity contribution in [2.45, 2.75) is 6.42 Å². The summed E-state index contributed by atoms with van der Waals surface area (Å²) in [5.74, 6) is 0.746. The van der Waals surface area contributed by atoms with Gasteiger partial charge in [-0.2, -0.15) is 5.26 Å². The number of carbonyl (C=O) groups excluding carboxylic acids is 2. The maximum Gasteiger partial charge on any atom is 0.246 e. The molecule has 1 aromatic rings. The van der Waals surface area contributed by atoms with Gasteiger partial charge in [-0.3, -0.25) is 14.5 Å². The molecule has 0 radical (unpaired) electrons. The monoisotopic (exact) mass is 316 g/mol. The van der Waals surface area contributed by atoms with E-state index in [1.165, 1.54) is 9.80 Å². The molecule has 2 aliphatic rings. The van der Waals surface area contributed by atoms with Crippen LogP contribution >= 0.6 is 0 Å². The maximum absolute atomic E-state index is 12.3. The van der Waals surface area contributed by atoms with Crippen LogP contribution in [0.25, 0.3) is 0 Å². The molecule has 0 saturated heterocycles. The number of benzene rings is 1. The number of fused-ring (bicyclic) bond motifs is 2. The van der Waals surface area contributed by atoms with E-state index < -0.39 is 0 Å². The van der Waals surface area contributed by atoms with Gasteiger partial charge in [-0.15, -0.1) is 0 Å². The van der Waals surface area contributed by atoms with Crippen molar-refractivity contribution in [2.24, 2.45) is 0 Å². The van der Waals surface area contributed by atoms with E-state index in [-0.39, 0.29) is 38.1 Å². The number of likely N-dealkylation sites (N-methyl/N-ethyl adjacent to an activating group) is 1. The quantitative estimate of drug-likeness (QED) is 0.871. The molecule has 1 aromatic carbocycles. The third-order valence-corrected chi connectivity index (χ3v) is 3.79. The average molecular weight is 316 g/mol. The normalized spacial score (nSPS) is 14.8. The van der Waals surface area contributed by atoms with Gasteiger partial charge in [0, 0.05) is 25.7 Å². The second-order valence-corrected chi connectivity index (χ2v) is 5.28. The summed E-state index contributed by atoms with van der Waals surface area (Å²) in [7, 11) is 1.62. The van der Waals surface area contributed by atoms with Crippen molar-refractivity contribution in [3.63, 3.8) is 0 Å². The van der Waals surface area contributed by atoms with Gasteiger partial charge in [0.15, 0.2) is 11.5 Å². The van der Waals surface area contributed by atoms with Crippen molar-refractivity contribution in [3.8, 4) is 17.6 Å². The largest absolute Gasteiger partial charge is 0.454 e. The molecule has 0 saturated carbocycles. The molecule has 23 heavy (non-hydrogen) atoms. The summed E-state index contributed by atoms with van der Waals surface area (Å²) in [6.45, 7) is 0.516. The number of rotatable bonds is 4. The molecule has 0 atom stereocenters. The molecular weight excluding hydrogens is 300 g/mol. The van der Waals surface area contributed by atoms with E-state index in [2.05, 4.69) is 5.32 Å². The summed E-state index contributed by atoms with van der Waals surface area (Å²) in [5, 5.41) is 11.6. The fourth-order valence-corrected chi connectivity index (χ4v) is 2.47. The lowest BCUT2D eigenvalue weighted by Crippen LogP contribution is -2.46. The highest BCUT2D eigenvalue weighted by molar-refractivity contribution is 6.06. The van der Waals surface area contributed by atoms with Crippen molar-refractivity contribution in [2.75, 3.05) is 43.7 Å². The highest BCUT2D eigenvalue weighted by Gasteiger charge is 2.29. The molecule has 8 heteroatoms. The lowest BCUT2D eigenvalue weighted by atomic mass is 10.1. The zero-order valence-corrected chi connectivity index (χ0v) is 12.7. The average Bonchev–Trinajstić information content (AvgIpc) is 3.00. The Labute approximate surface area is 133 Å². The smallest absolute Gasteiger partial charge is 0.246 e. The Balaban J connectivity index is 1.82. The highest BCUT2D eigenvalue weighted by Crippen LogP contribution is 2.42. The van der Waals surface area contributed by atoms with Crippen LogP contribution in [0.5, 0.6) is 11.5 Å². The molecule has 0 fully saturated rings. The summed E-state index contributed by atoms with van der Waals surface area (Å²) in [6, 6.07) is 5.46. The van der Waals surface area contributed by atoms with Crippen LogP contribution in [0.4, 0.5) is 11.4 Å². The number of nitrogens with one attached hydrogen (secondary N) is 1. The van der Waals surface area contributed by atoms with Gasteiger partial charge in [-0.05, 0) is 0 Å². The zero-order valence-electron chi connectivity index (χ0n) is 12.7. The summed E-state index contributed by atoms with van der Waals surface area (Å²) < 4.78 is 10.7. The number of nitriles is 1. The van der Waals surface area contributed by atoms with E-state index in [0.717, 1.165) is 5.69 Å². The Kier molecular flexibility index (Phi) is 3.93. The van der Waals surface area contributed by atoms with Crippen LogP contribution in [-0.2, 0) is 9.59 Å². The molecule has 2 aliphatic heterocycles. The van der Waals surface area contributed by atoms with E-state index in [4.69, 9.17) is 14.7 Å². The van der Waals surface area contributed by atoms with Crippen LogP contribution in [0.3, 0.4) is 0 Å². The number of carbonyl (C=O) groups is 2. The van der Waals surface area contributed by atoms with Gasteiger partial charge < -0.3 is 19.7 Å². The van der Waals surface area contributed by atoms with Gasteiger partial charge >= 0.3 is 0 Å². The molecule has 0 bridgehead atoms. The minimum atomic E-state index is -0.223. The number of ether oxygens (including phenoxy) is 2. The molecule has 8 nitrogen and oxygen atoms in total. The SMILES string of the molecule is CN(CCC#N)C(=O)CN1C(=O)CNc2cc3c(cc21)OCO3. The Hall–Kier alpha value is -2.95.